The molecule has 1 fully saturated rings. The van der Waals surface area contributed by atoms with Crippen LogP contribution >= 0.6 is 0 Å². The van der Waals surface area contributed by atoms with E-state index in [4.69, 9.17) is 4.52 Å². The summed E-state index contributed by atoms with van der Waals surface area (Å²) in [5.74, 6) is 0.860. The molecule has 1 aliphatic rings. The number of amides is 1. The molecule has 1 saturated heterocycles. The summed E-state index contributed by atoms with van der Waals surface area (Å²) in [4.78, 5) is 12.0. The molecule has 5 heteroatoms. The van der Waals surface area contributed by atoms with Crippen molar-refractivity contribution in [1.29, 1.82) is 0 Å². The first-order valence-electron chi connectivity index (χ1n) is 6.61. The molecule has 0 spiro atoms. The number of nitrogens with one attached hydrogen (secondary N) is 2. The van der Waals surface area contributed by atoms with Gasteiger partial charge in [0.2, 0.25) is 5.91 Å². The van der Waals surface area contributed by atoms with E-state index in [9.17, 15) is 4.79 Å². The summed E-state index contributed by atoms with van der Waals surface area (Å²) in [5.41, 5.74) is 1.83. The molecular formula is C13H21N3O2. The molecule has 1 amide bonds. The van der Waals surface area contributed by atoms with E-state index in [0.29, 0.717) is 6.54 Å². The Bertz CT molecular complexity index is 387. The molecule has 100 valence electrons. The Morgan fingerprint density at radius 3 is 3.00 bits per heavy atom. The van der Waals surface area contributed by atoms with Gasteiger partial charge in [-0.05, 0) is 33.2 Å². The van der Waals surface area contributed by atoms with Gasteiger partial charge in [0, 0.05) is 12.1 Å². The third-order valence-corrected chi connectivity index (χ3v) is 3.50. The molecule has 0 aromatic carbocycles. The van der Waals surface area contributed by atoms with Gasteiger partial charge in [-0.1, -0.05) is 18.0 Å². The molecule has 2 heterocycles. The average molecular weight is 251 g/mol. The van der Waals surface area contributed by atoms with Crippen LogP contribution in [0.25, 0.3) is 0 Å². The van der Waals surface area contributed by atoms with Gasteiger partial charge in [-0.15, -0.1) is 0 Å². The van der Waals surface area contributed by atoms with E-state index < -0.39 is 0 Å². The summed E-state index contributed by atoms with van der Waals surface area (Å²) < 4.78 is 5.08. The monoisotopic (exact) mass is 251 g/mol. The van der Waals surface area contributed by atoms with E-state index in [1.807, 2.05) is 13.8 Å². The van der Waals surface area contributed by atoms with Gasteiger partial charge in [0.25, 0.3) is 0 Å². The number of hydrogen-bond acceptors (Lipinski definition) is 4. The van der Waals surface area contributed by atoms with Gasteiger partial charge in [-0.25, -0.2) is 0 Å². The third-order valence-electron chi connectivity index (χ3n) is 3.50. The number of aromatic nitrogens is 1. The van der Waals surface area contributed by atoms with Crippen LogP contribution in [0.15, 0.2) is 4.52 Å². The normalized spacial score (nSPS) is 20.4. The number of nitrogens with zero attached hydrogens (tertiary/aromatic N) is 1. The van der Waals surface area contributed by atoms with Crippen LogP contribution in [0.3, 0.4) is 0 Å². The number of carbonyl (C=O) groups is 1. The van der Waals surface area contributed by atoms with Gasteiger partial charge < -0.3 is 15.2 Å². The van der Waals surface area contributed by atoms with Crippen molar-refractivity contribution < 1.29 is 9.32 Å². The molecule has 1 atom stereocenters. The molecule has 5 nitrogen and oxygen atoms in total. The second-order valence-electron chi connectivity index (χ2n) is 4.88. The first kappa shape index (κ1) is 13.1. The van der Waals surface area contributed by atoms with Crippen LogP contribution in [0.4, 0.5) is 0 Å². The topological polar surface area (TPSA) is 67.2 Å². The largest absolute Gasteiger partial charge is 0.361 e. The fourth-order valence-corrected chi connectivity index (χ4v) is 2.31. The zero-order valence-corrected chi connectivity index (χ0v) is 11.1. The van der Waals surface area contributed by atoms with Gasteiger partial charge in [-0.3, -0.25) is 4.79 Å². The number of carbonyl (C=O) groups excluding carboxylic acids is 1. The van der Waals surface area contributed by atoms with Crippen LogP contribution in [-0.2, 0) is 11.3 Å². The SMILES string of the molecule is Cc1noc(C)c1CNC(=O)C1CCCCCN1. The van der Waals surface area contributed by atoms with E-state index in [-0.39, 0.29) is 11.9 Å². The number of hydrogen-bond donors (Lipinski definition) is 2. The van der Waals surface area contributed by atoms with Crippen LogP contribution in [0.1, 0.15) is 42.7 Å². The Labute approximate surface area is 107 Å². The predicted octanol–water partition coefficient (Wildman–Crippen LogP) is 1.44. The first-order chi connectivity index (χ1) is 8.68. The van der Waals surface area contributed by atoms with Crippen LogP contribution in [-0.4, -0.2) is 23.7 Å². The van der Waals surface area contributed by atoms with E-state index in [1.54, 1.807) is 0 Å². The summed E-state index contributed by atoms with van der Waals surface area (Å²) >= 11 is 0. The highest BCUT2D eigenvalue weighted by molar-refractivity contribution is 5.81. The van der Waals surface area contributed by atoms with Crippen molar-refractivity contribution in [3.05, 3.63) is 17.0 Å². The van der Waals surface area contributed by atoms with Gasteiger partial charge in [0.1, 0.15) is 5.76 Å². The van der Waals surface area contributed by atoms with Crippen molar-refractivity contribution in [3.63, 3.8) is 0 Å². The average Bonchev–Trinajstić information content (AvgIpc) is 2.61. The van der Waals surface area contributed by atoms with Crippen molar-refractivity contribution in [2.24, 2.45) is 0 Å². The molecule has 1 aliphatic heterocycles. The summed E-state index contributed by atoms with van der Waals surface area (Å²) in [7, 11) is 0. The lowest BCUT2D eigenvalue weighted by atomic mass is 10.1. The third kappa shape index (κ3) is 3.10. The zero-order chi connectivity index (χ0) is 13.0. The maximum absolute atomic E-state index is 12.0. The fraction of sp³-hybridized carbons (Fsp3) is 0.692. The van der Waals surface area contributed by atoms with E-state index >= 15 is 0 Å². The van der Waals surface area contributed by atoms with Crippen molar-refractivity contribution in [2.45, 2.75) is 52.1 Å². The Balaban J connectivity index is 1.87. The molecular weight excluding hydrogens is 230 g/mol. The molecule has 0 bridgehead atoms. The maximum Gasteiger partial charge on any atom is 0.237 e. The van der Waals surface area contributed by atoms with E-state index in [0.717, 1.165) is 42.8 Å². The molecule has 2 rings (SSSR count). The summed E-state index contributed by atoms with van der Waals surface area (Å²) in [6, 6.07) is -0.0482. The molecule has 0 saturated carbocycles. The van der Waals surface area contributed by atoms with Gasteiger partial charge in [0.15, 0.2) is 0 Å². The summed E-state index contributed by atoms with van der Waals surface area (Å²) in [6.45, 7) is 5.19. The van der Waals surface area contributed by atoms with Gasteiger partial charge in [0.05, 0.1) is 11.7 Å². The Morgan fingerprint density at radius 2 is 2.28 bits per heavy atom. The van der Waals surface area contributed by atoms with Crippen molar-refractivity contribution in [3.8, 4) is 0 Å². The fourth-order valence-electron chi connectivity index (χ4n) is 2.31. The lowest BCUT2D eigenvalue weighted by molar-refractivity contribution is -0.123. The molecule has 1 unspecified atom stereocenters. The first-order valence-corrected chi connectivity index (χ1v) is 6.61. The molecule has 0 aliphatic carbocycles. The second-order valence-corrected chi connectivity index (χ2v) is 4.88. The molecule has 0 radical (unpaired) electrons. The summed E-state index contributed by atoms with van der Waals surface area (Å²) in [6.07, 6.45) is 4.41. The maximum atomic E-state index is 12.0. The number of rotatable bonds is 3. The van der Waals surface area contributed by atoms with Gasteiger partial charge >= 0.3 is 0 Å². The smallest absolute Gasteiger partial charge is 0.237 e. The van der Waals surface area contributed by atoms with E-state index in [1.165, 1.54) is 6.42 Å². The Kier molecular flexibility index (Phi) is 4.36. The highest BCUT2D eigenvalue weighted by atomic mass is 16.5. The lowest BCUT2D eigenvalue weighted by Gasteiger charge is -2.15. The second kappa shape index (κ2) is 6.00. The van der Waals surface area contributed by atoms with Crippen LogP contribution in [0.2, 0.25) is 0 Å². The molecule has 18 heavy (non-hydrogen) atoms. The lowest BCUT2D eigenvalue weighted by Crippen LogP contribution is -2.43. The van der Waals surface area contributed by atoms with Crippen molar-refractivity contribution in [2.75, 3.05) is 6.54 Å². The van der Waals surface area contributed by atoms with Crippen LogP contribution < -0.4 is 10.6 Å². The molecule has 1 aromatic heterocycles. The number of aryl methyl sites for hydroxylation is 2. The summed E-state index contributed by atoms with van der Waals surface area (Å²) in [5, 5.41) is 10.1. The van der Waals surface area contributed by atoms with Gasteiger partial charge in [-0.2, -0.15) is 0 Å². The van der Waals surface area contributed by atoms with Crippen LogP contribution in [0, 0.1) is 13.8 Å². The Hall–Kier alpha value is -1.36. The minimum Gasteiger partial charge on any atom is -0.361 e. The highest BCUT2D eigenvalue weighted by Gasteiger charge is 2.20. The van der Waals surface area contributed by atoms with Crippen molar-refractivity contribution in [1.82, 2.24) is 15.8 Å². The minimum absolute atomic E-state index is 0.0482. The van der Waals surface area contributed by atoms with Crippen molar-refractivity contribution >= 4 is 5.91 Å². The minimum atomic E-state index is -0.0482. The Morgan fingerprint density at radius 1 is 1.44 bits per heavy atom. The highest BCUT2D eigenvalue weighted by Crippen LogP contribution is 2.12. The predicted molar refractivity (Wildman–Crippen MR) is 68.1 cm³/mol. The quantitative estimate of drug-likeness (QED) is 0.853. The zero-order valence-electron chi connectivity index (χ0n) is 11.1. The van der Waals surface area contributed by atoms with E-state index in [2.05, 4.69) is 15.8 Å². The molecule has 2 N–H and O–H groups in total. The standard InChI is InChI=1S/C13H21N3O2/c1-9-11(10(2)18-16-9)8-15-13(17)12-6-4-3-5-7-14-12/h12,14H,3-8H2,1-2H3,(H,15,17). The molecule has 1 aromatic rings. The van der Waals surface area contributed by atoms with Crippen LogP contribution in [0.5, 0.6) is 0 Å².